The lowest BCUT2D eigenvalue weighted by Crippen LogP contribution is -2.06. The van der Waals surface area contributed by atoms with E-state index in [0.29, 0.717) is 0 Å². The van der Waals surface area contributed by atoms with Crippen LogP contribution in [0.25, 0.3) is 0 Å². The van der Waals surface area contributed by atoms with Gasteiger partial charge < -0.3 is 0 Å². The molecule has 2 bridgehead atoms. The van der Waals surface area contributed by atoms with Gasteiger partial charge in [0.1, 0.15) is 0 Å². The van der Waals surface area contributed by atoms with Crippen LogP contribution in [0.3, 0.4) is 0 Å². The van der Waals surface area contributed by atoms with Crippen molar-refractivity contribution in [1.29, 1.82) is 0 Å². The summed E-state index contributed by atoms with van der Waals surface area (Å²) in [4.78, 5) is 6.81. The Labute approximate surface area is 146 Å². The van der Waals surface area contributed by atoms with E-state index in [1.807, 2.05) is 23.5 Å². The standard InChI is InChI=1S/C17H16OS4/c18-22-16-12-6-4-8-14(16)21-15-9-5-7-13(17(15)22)20-11-3-1-2-10-19-12/h4-9H,1-3,10-11H2. The van der Waals surface area contributed by atoms with Crippen LogP contribution in [-0.2, 0) is 10.8 Å². The number of rotatable bonds is 0. The largest absolute Gasteiger partial charge is 0.249 e. The van der Waals surface area contributed by atoms with Gasteiger partial charge in [-0.05, 0) is 48.6 Å². The fourth-order valence-electron chi connectivity index (χ4n) is 2.71. The van der Waals surface area contributed by atoms with E-state index in [1.165, 1.54) is 29.1 Å². The SMILES string of the molecule is O=S1c2c3cccc2Sc2cccc(c21)SCCCCCS3. The van der Waals surface area contributed by atoms with Gasteiger partial charge in [-0.15, -0.1) is 23.5 Å². The molecule has 0 fully saturated rings. The van der Waals surface area contributed by atoms with Gasteiger partial charge in [-0.1, -0.05) is 30.3 Å². The molecule has 0 N–H and O–H groups in total. The highest BCUT2D eigenvalue weighted by Crippen LogP contribution is 2.48. The van der Waals surface area contributed by atoms with Crippen LogP contribution in [0.1, 0.15) is 19.3 Å². The van der Waals surface area contributed by atoms with Crippen LogP contribution in [0, 0.1) is 0 Å². The number of hydrogen-bond donors (Lipinski definition) is 0. The van der Waals surface area contributed by atoms with Gasteiger partial charge in [0.25, 0.3) is 0 Å². The molecule has 2 aliphatic heterocycles. The molecular formula is C17H16OS4. The van der Waals surface area contributed by atoms with Gasteiger partial charge in [-0.25, -0.2) is 4.21 Å². The topological polar surface area (TPSA) is 17.1 Å². The molecule has 0 amide bonds. The van der Waals surface area contributed by atoms with E-state index >= 15 is 0 Å². The Morgan fingerprint density at radius 2 is 1.23 bits per heavy atom. The van der Waals surface area contributed by atoms with Crippen LogP contribution in [0.5, 0.6) is 0 Å². The smallest absolute Gasteiger partial charge is 0.0895 e. The van der Waals surface area contributed by atoms with Crippen molar-refractivity contribution in [3.63, 3.8) is 0 Å². The highest BCUT2D eigenvalue weighted by molar-refractivity contribution is 8.03. The lowest BCUT2D eigenvalue weighted by Gasteiger charge is -2.23. The quantitative estimate of drug-likeness (QED) is 0.510. The highest BCUT2D eigenvalue weighted by atomic mass is 32.2. The monoisotopic (exact) mass is 364 g/mol. The first kappa shape index (κ1) is 15.2. The van der Waals surface area contributed by atoms with Crippen LogP contribution in [-0.4, -0.2) is 15.7 Å². The average molecular weight is 365 g/mol. The van der Waals surface area contributed by atoms with E-state index in [0.717, 1.165) is 31.1 Å². The van der Waals surface area contributed by atoms with E-state index in [2.05, 4.69) is 36.4 Å². The predicted molar refractivity (Wildman–Crippen MR) is 97.0 cm³/mol. The summed E-state index contributed by atoms with van der Waals surface area (Å²) >= 11 is 5.51. The number of benzene rings is 2. The Bertz CT molecular complexity index is 682. The summed E-state index contributed by atoms with van der Waals surface area (Å²) in [6, 6.07) is 12.7. The van der Waals surface area contributed by atoms with Gasteiger partial charge in [0.2, 0.25) is 0 Å². The maximum atomic E-state index is 13.3. The lowest BCUT2D eigenvalue weighted by atomic mass is 10.3. The lowest BCUT2D eigenvalue weighted by molar-refractivity contribution is 0.674. The molecule has 1 nitrogen and oxygen atoms in total. The van der Waals surface area contributed by atoms with Gasteiger partial charge in [0, 0.05) is 19.6 Å². The first-order chi connectivity index (χ1) is 10.8. The molecular weight excluding hydrogens is 348 g/mol. The maximum Gasteiger partial charge on any atom is 0.0895 e. The molecule has 0 radical (unpaired) electrons. The summed E-state index contributed by atoms with van der Waals surface area (Å²) in [5.74, 6) is 2.25. The first-order valence-corrected chi connectivity index (χ1v) is 11.4. The van der Waals surface area contributed by atoms with Crippen LogP contribution < -0.4 is 0 Å². The molecule has 2 aromatic carbocycles. The Morgan fingerprint density at radius 3 is 1.77 bits per heavy atom. The van der Waals surface area contributed by atoms with Crippen molar-refractivity contribution >= 4 is 46.1 Å². The molecule has 2 aromatic rings. The maximum absolute atomic E-state index is 13.3. The van der Waals surface area contributed by atoms with Crippen molar-refractivity contribution in [3.05, 3.63) is 36.4 Å². The second-order valence-corrected chi connectivity index (χ2v) is 10.0. The molecule has 0 aliphatic carbocycles. The molecule has 0 aromatic heterocycles. The Balaban J connectivity index is 1.89. The van der Waals surface area contributed by atoms with Gasteiger partial charge in [0.15, 0.2) is 0 Å². The van der Waals surface area contributed by atoms with Crippen LogP contribution >= 0.6 is 35.3 Å². The molecule has 0 saturated carbocycles. The minimum absolute atomic E-state index is 1.04. The third-order valence-electron chi connectivity index (χ3n) is 3.78. The molecule has 0 atom stereocenters. The molecule has 22 heavy (non-hydrogen) atoms. The second kappa shape index (κ2) is 6.63. The van der Waals surface area contributed by atoms with Gasteiger partial charge in [-0.2, -0.15) is 0 Å². The molecule has 2 heterocycles. The summed E-state index contributed by atoms with van der Waals surface area (Å²) < 4.78 is 13.3. The predicted octanol–water partition coefficient (Wildman–Crippen LogP) is 5.69. The third-order valence-corrected chi connectivity index (χ3v) is 9.33. The normalized spacial score (nSPS) is 18.4. The molecule has 0 spiro atoms. The van der Waals surface area contributed by atoms with Gasteiger partial charge in [-0.3, -0.25) is 0 Å². The summed E-state index contributed by atoms with van der Waals surface area (Å²) in [5.41, 5.74) is 0. The Hall–Kier alpha value is -0.360. The zero-order chi connectivity index (χ0) is 14.9. The van der Waals surface area contributed by atoms with Crippen LogP contribution in [0.15, 0.2) is 65.8 Å². The van der Waals surface area contributed by atoms with Crippen molar-refractivity contribution < 1.29 is 4.21 Å². The molecule has 0 unspecified atom stereocenters. The van der Waals surface area contributed by atoms with Crippen molar-refractivity contribution in [2.24, 2.45) is 0 Å². The fourth-order valence-corrected chi connectivity index (χ4v) is 8.46. The molecule has 0 saturated heterocycles. The molecule has 2 aliphatic rings. The summed E-state index contributed by atoms with van der Waals surface area (Å²) in [6.07, 6.45) is 3.75. The fraction of sp³-hybridized carbons (Fsp3) is 0.294. The molecule has 5 heteroatoms. The summed E-state index contributed by atoms with van der Waals surface area (Å²) in [7, 11) is -1.06. The average Bonchev–Trinajstić information content (AvgIpc) is 2.52. The van der Waals surface area contributed by atoms with E-state index < -0.39 is 10.8 Å². The van der Waals surface area contributed by atoms with Crippen LogP contribution in [0.2, 0.25) is 0 Å². The molecule has 4 rings (SSSR count). The van der Waals surface area contributed by atoms with Crippen LogP contribution in [0.4, 0.5) is 0 Å². The third kappa shape index (κ3) is 2.77. The number of thioether (sulfide) groups is 2. The second-order valence-electron chi connectivity index (χ2n) is 5.30. The zero-order valence-electron chi connectivity index (χ0n) is 12.0. The van der Waals surface area contributed by atoms with Crippen molar-refractivity contribution in [3.8, 4) is 0 Å². The molecule has 114 valence electrons. The van der Waals surface area contributed by atoms with Gasteiger partial charge in [0.05, 0.1) is 20.6 Å². The minimum Gasteiger partial charge on any atom is -0.249 e. The van der Waals surface area contributed by atoms with Crippen molar-refractivity contribution in [1.82, 2.24) is 0 Å². The summed E-state index contributed by atoms with van der Waals surface area (Å²) in [6.45, 7) is 0. The van der Waals surface area contributed by atoms with E-state index in [9.17, 15) is 4.21 Å². The van der Waals surface area contributed by atoms with E-state index in [4.69, 9.17) is 0 Å². The highest BCUT2D eigenvalue weighted by Gasteiger charge is 2.28. The Kier molecular flexibility index (Phi) is 4.58. The first-order valence-electron chi connectivity index (χ1n) is 7.46. The minimum atomic E-state index is -1.06. The number of hydrogen-bond acceptors (Lipinski definition) is 4. The Morgan fingerprint density at radius 1 is 0.727 bits per heavy atom. The van der Waals surface area contributed by atoms with E-state index in [-0.39, 0.29) is 0 Å². The van der Waals surface area contributed by atoms with Crippen molar-refractivity contribution in [2.75, 3.05) is 11.5 Å². The van der Waals surface area contributed by atoms with Gasteiger partial charge >= 0.3 is 0 Å². The zero-order valence-corrected chi connectivity index (χ0v) is 15.3. The van der Waals surface area contributed by atoms with Crippen molar-refractivity contribution in [2.45, 2.75) is 48.6 Å². The van der Waals surface area contributed by atoms with E-state index in [1.54, 1.807) is 11.8 Å². The summed E-state index contributed by atoms with van der Waals surface area (Å²) in [5, 5.41) is 0.